The quantitative estimate of drug-likeness (QED) is 0.475. The molecule has 8 nitrogen and oxygen atoms in total. The number of hydrogen-bond donors (Lipinski definition) is 0. The van der Waals surface area contributed by atoms with Crippen LogP contribution in [0.3, 0.4) is 0 Å². The first-order valence-corrected chi connectivity index (χ1v) is 10.2. The molecule has 0 aliphatic carbocycles. The van der Waals surface area contributed by atoms with Gasteiger partial charge in [0.1, 0.15) is 12.4 Å². The van der Waals surface area contributed by atoms with Gasteiger partial charge in [-0.05, 0) is 38.5 Å². The largest absolute Gasteiger partial charge is 0.495 e. The van der Waals surface area contributed by atoms with Gasteiger partial charge in [-0.25, -0.2) is 9.78 Å². The van der Waals surface area contributed by atoms with Gasteiger partial charge in [0.15, 0.2) is 0 Å². The molecule has 1 aromatic heterocycles. The zero-order valence-electron chi connectivity index (χ0n) is 18.6. The van der Waals surface area contributed by atoms with Crippen molar-refractivity contribution in [1.82, 2.24) is 4.98 Å². The summed E-state index contributed by atoms with van der Waals surface area (Å²) in [6.07, 6.45) is 2.13. The van der Waals surface area contributed by atoms with Crippen molar-refractivity contribution < 1.29 is 19.0 Å². The van der Waals surface area contributed by atoms with Gasteiger partial charge in [-0.2, -0.15) is 10.5 Å². The van der Waals surface area contributed by atoms with Crippen LogP contribution in [0.5, 0.6) is 11.6 Å². The fourth-order valence-electron chi connectivity index (χ4n) is 3.70. The van der Waals surface area contributed by atoms with E-state index in [9.17, 15) is 10.1 Å². The molecule has 0 amide bonds. The molecule has 1 aromatic carbocycles. The number of nitrogens with zero attached hydrogens (tertiary/aromatic N) is 4. The van der Waals surface area contributed by atoms with Gasteiger partial charge in [0.2, 0.25) is 5.88 Å². The average molecular weight is 432 g/mol. The highest BCUT2D eigenvalue weighted by molar-refractivity contribution is 5.95. The summed E-state index contributed by atoms with van der Waals surface area (Å²) in [7, 11) is 1.53. The van der Waals surface area contributed by atoms with Crippen LogP contribution in [-0.2, 0) is 16.0 Å². The van der Waals surface area contributed by atoms with Gasteiger partial charge < -0.3 is 19.1 Å². The molecule has 2 aromatic rings. The first-order chi connectivity index (χ1) is 15.5. The number of aryl methyl sites for hydroxylation is 1. The molecule has 0 atom stereocenters. The summed E-state index contributed by atoms with van der Waals surface area (Å²) in [6.45, 7) is 6.09. The van der Waals surface area contributed by atoms with Crippen LogP contribution in [0.1, 0.15) is 37.0 Å². The maximum atomic E-state index is 12.9. The van der Waals surface area contributed by atoms with Crippen LogP contribution in [0.15, 0.2) is 35.7 Å². The molecule has 2 heterocycles. The second kappa shape index (κ2) is 9.84. The number of hydrogen-bond acceptors (Lipinski definition) is 8. The second-order valence-electron chi connectivity index (χ2n) is 7.13. The highest BCUT2D eigenvalue weighted by Gasteiger charge is 2.33. The lowest BCUT2D eigenvalue weighted by molar-refractivity contribution is -0.139. The monoisotopic (exact) mass is 432 g/mol. The SMILES string of the molecule is CCOc1ncc(C)c2c1CC(C(=O)OCCC#N)=C(C)N2c1ccc(C#N)cc1OC. The molecule has 0 bridgehead atoms. The lowest BCUT2D eigenvalue weighted by atomic mass is 9.94. The van der Waals surface area contributed by atoms with Gasteiger partial charge in [-0.3, -0.25) is 0 Å². The van der Waals surface area contributed by atoms with E-state index in [2.05, 4.69) is 11.1 Å². The zero-order chi connectivity index (χ0) is 23.3. The van der Waals surface area contributed by atoms with E-state index in [0.717, 1.165) is 16.8 Å². The molecule has 32 heavy (non-hydrogen) atoms. The number of pyridine rings is 1. The van der Waals surface area contributed by atoms with Gasteiger partial charge in [-0.1, -0.05) is 0 Å². The van der Waals surface area contributed by atoms with Crippen molar-refractivity contribution >= 4 is 17.3 Å². The topological polar surface area (TPSA) is 108 Å². The number of carbonyl (C=O) groups is 1. The van der Waals surface area contributed by atoms with Crippen molar-refractivity contribution in [3.63, 3.8) is 0 Å². The molecule has 0 radical (unpaired) electrons. The zero-order valence-corrected chi connectivity index (χ0v) is 18.6. The predicted octanol–water partition coefficient (Wildman–Crippen LogP) is 4.09. The molecule has 1 aliphatic heterocycles. The summed E-state index contributed by atoms with van der Waals surface area (Å²) in [5.41, 5.74) is 4.74. The molecule has 0 N–H and O–H groups in total. The van der Waals surface area contributed by atoms with Crippen molar-refractivity contribution in [2.45, 2.75) is 33.6 Å². The normalized spacial score (nSPS) is 12.5. The van der Waals surface area contributed by atoms with Crippen LogP contribution < -0.4 is 14.4 Å². The van der Waals surface area contributed by atoms with E-state index in [-0.39, 0.29) is 19.4 Å². The van der Waals surface area contributed by atoms with Crippen molar-refractivity contribution in [2.75, 3.05) is 25.2 Å². The number of ether oxygens (including phenoxy) is 3. The van der Waals surface area contributed by atoms with E-state index < -0.39 is 5.97 Å². The Hall–Kier alpha value is -4.04. The first-order valence-electron chi connectivity index (χ1n) is 10.2. The molecule has 8 heteroatoms. The van der Waals surface area contributed by atoms with Crippen molar-refractivity contribution in [1.29, 1.82) is 10.5 Å². The van der Waals surface area contributed by atoms with Crippen LogP contribution >= 0.6 is 0 Å². The lowest BCUT2D eigenvalue weighted by Crippen LogP contribution is -2.28. The lowest BCUT2D eigenvalue weighted by Gasteiger charge is -2.35. The third-order valence-electron chi connectivity index (χ3n) is 5.17. The summed E-state index contributed by atoms with van der Waals surface area (Å²) in [6, 6.07) is 9.22. The molecule has 0 fully saturated rings. The Balaban J connectivity index is 2.24. The molecule has 0 spiro atoms. The van der Waals surface area contributed by atoms with E-state index in [0.29, 0.717) is 40.8 Å². The van der Waals surface area contributed by atoms with E-state index in [1.165, 1.54) is 7.11 Å². The highest BCUT2D eigenvalue weighted by atomic mass is 16.5. The number of methoxy groups -OCH3 is 1. The molecule has 1 aliphatic rings. The molecule has 0 unspecified atom stereocenters. The summed E-state index contributed by atoms with van der Waals surface area (Å²) >= 11 is 0. The molecular weight excluding hydrogens is 408 g/mol. The van der Waals surface area contributed by atoms with Crippen LogP contribution in [0.2, 0.25) is 0 Å². The Morgan fingerprint density at radius 1 is 1.28 bits per heavy atom. The number of rotatable bonds is 7. The molecule has 164 valence electrons. The van der Waals surface area contributed by atoms with Gasteiger partial charge in [-0.15, -0.1) is 0 Å². The number of esters is 1. The predicted molar refractivity (Wildman–Crippen MR) is 118 cm³/mol. The van der Waals surface area contributed by atoms with Crippen molar-refractivity contribution in [3.8, 4) is 23.8 Å². The third-order valence-corrected chi connectivity index (χ3v) is 5.17. The maximum Gasteiger partial charge on any atom is 0.336 e. The number of carbonyl (C=O) groups excluding carboxylic acids is 1. The summed E-state index contributed by atoms with van der Waals surface area (Å²) in [5.74, 6) is 0.438. The fourth-order valence-corrected chi connectivity index (χ4v) is 3.70. The standard InChI is InChI=1S/C24H24N4O4/c1-5-31-23-19-12-18(24(29)32-10-6-9-25)16(3)28(22(19)15(2)14-27-23)20-8-7-17(13-26)11-21(20)30-4/h7-8,11,14H,5-6,10,12H2,1-4H3. The minimum absolute atomic E-state index is 0.0174. The average Bonchev–Trinajstić information content (AvgIpc) is 2.80. The van der Waals surface area contributed by atoms with Crippen LogP contribution in [-0.4, -0.2) is 31.3 Å². The second-order valence-corrected chi connectivity index (χ2v) is 7.13. The number of fused-ring (bicyclic) bond motifs is 1. The van der Waals surface area contributed by atoms with E-state index in [1.54, 1.807) is 24.4 Å². The Labute approximate surface area is 187 Å². The number of aromatic nitrogens is 1. The Morgan fingerprint density at radius 2 is 2.06 bits per heavy atom. The molecule has 0 saturated heterocycles. The third kappa shape index (κ3) is 4.21. The number of allylic oxidation sites excluding steroid dienone is 1. The number of benzene rings is 1. The van der Waals surface area contributed by atoms with Crippen molar-refractivity contribution in [3.05, 3.63) is 52.4 Å². The Kier molecular flexibility index (Phi) is 6.97. The maximum absolute atomic E-state index is 12.9. The van der Waals surface area contributed by atoms with Gasteiger partial charge in [0.05, 0.1) is 54.8 Å². The smallest absolute Gasteiger partial charge is 0.336 e. The van der Waals surface area contributed by atoms with Crippen LogP contribution in [0.25, 0.3) is 0 Å². The Bertz CT molecular complexity index is 1160. The minimum Gasteiger partial charge on any atom is -0.495 e. The molecular formula is C24H24N4O4. The van der Waals surface area contributed by atoms with E-state index in [1.807, 2.05) is 31.7 Å². The van der Waals surface area contributed by atoms with E-state index >= 15 is 0 Å². The summed E-state index contributed by atoms with van der Waals surface area (Å²) < 4.78 is 16.7. The van der Waals surface area contributed by atoms with Gasteiger partial charge >= 0.3 is 5.97 Å². The van der Waals surface area contributed by atoms with Crippen molar-refractivity contribution in [2.24, 2.45) is 0 Å². The van der Waals surface area contributed by atoms with Gasteiger partial charge in [0, 0.05) is 29.9 Å². The van der Waals surface area contributed by atoms with E-state index in [4.69, 9.17) is 19.5 Å². The Morgan fingerprint density at radius 3 is 2.72 bits per heavy atom. The number of anilines is 2. The minimum atomic E-state index is -0.495. The molecule has 3 rings (SSSR count). The fraction of sp³-hybridized carbons (Fsp3) is 0.333. The first kappa shape index (κ1) is 22.6. The highest BCUT2D eigenvalue weighted by Crippen LogP contribution is 2.46. The van der Waals surface area contributed by atoms with Crippen LogP contribution in [0.4, 0.5) is 11.4 Å². The summed E-state index contributed by atoms with van der Waals surface area (Å²) in [5, 5.41) is 18.1. The number of nitriles is 2. The summed E-state index contributed by atoms with van der Waals surface area (Å²) in [4.78, 5) is 19.3. The van der Waals surface area contributed by atoms with Gasteiger partial charge in [0.25, 0.3) is 0 Å². The molecule has 0 saturated carbocycles. The van der Waals surface area contributed by atoms with Crippen LogP contribution in [0, 0.1) is 29.6 Å².